The van der Waals surface area contributed by atoms with E-state index in [1.54, 1.807) is 18.1 Å². The SMILES string of the molecule is CCc1cnc2c(c1OC)c(=O)n(CC(=O)N1CCN(c3ccccc3)CC1)c(=O)n2C. The van der Waals surface area contributed by atoms with Crippen LogP contribution in [0.15, 0.2) is 46.1 Å². The maximum atomic E-state index is 13.3. The van der Waals surface area contributed by atoms with Crippen molar-refractivity contribution in [1.29, 1.82) is 0 Å². The van der Waals surface area contributed by atoms with Gasteiger partial charge in [-0.2, -0.15) is 0 Å². The predicted octanol–water partition coefficient (Wildman–Crippen LogP) is 1.02. The van der Waals surface area contributed by atoms with Crippen LogP contribution < -0.4 is 20.9 Å². The predicted molar refractivity (Wildman–Crippen MR) is 122 cm³/mol. The zero-order valence-electron chi connectivity index (χ0n) is 18.6. The molecule has 4 rings (SSSR count). The maximum absolute atomic E-state index is 13.3. The first kappa shape index (κ1) is 21.6. The number of methoxy groups -OCH3 is 1. The fraction of sp³-hybridized carbons (Fsp3) is 0.391. The summed E-state index contributed by atoms with van der Waals surface area (Å²) in [4.78, 5) is 47.3. The average Bonchev–Trinajstić information content (AvgIpc) is 2.84. The van der Waals surface area contributed by atoms with Crippen molar-refractivity contribution in [1.82, 2.24) is 19.0 Å². The van der Waals surface area contributed by atoms with Crippen molar-refractivity contribution in [3.8, 4) is 5.75 Å². The van der Waals surface area contributed by atoms with Crippen LogP contribution in [0.4, 0.5) is 5.69 Å². The molecule has 0 spiro atoms. The minimum absolute atomic E-state index is 0.218. The van der Waals surface area contributed by atoms with E-state index in [-0.39, 0.29) is 23.5 Å². The first-order valence-electron chi connectivity index (χ1n) is 10.7. The van der Waals surface area contributed by atoms with E-state index in [2.05, 4.69) is 9.88 Å². The number of hydrogen-bond donors (Lipinski definition) is 0. The highest BCUT2D eigenvalue weighted by Gasteiger charge is 2.24. The lowest BCUT2D eigenvalue weighted by Crippen LogP contribution is -2.51. The van der Waals surface area contributed by atoms with Crippen LogP contribution in [-0.2, 0) is 24.8 Å². The van der Waals surface area contributed by atoms with E-state index in [1.165, 1.54) is 11.7 Å². The second-order valence-corrected chi connectivity index (χ2v) is 7.81. The van der Waals surface area contributed by atoms with Gasteiger partial charge >= 0.3 is 5.69 Å². The molecule has 1 aliphatic rings. The molecule has 0 bridgehead atoms. The summed E-state index contributed by atoms with van der Waals surface area (Å²) in [5, 5.41) is 0.218. The lowest BCUT2D eigenvalue weighted by molar-refractivity contribution is -0.132. The molecule has 0 saturated carbocycles. The minimum atomic E-state index is -0.572. The number of carbonyl (C=O) groups is 1. The molecule has 2 aromatic heterocycles. The second kappa shape index (κ2) is 8.86. The highest BCUT2D eigenvalue weighted by molar-refractivity contribution is 5.83. The molecular formula is C23H27N5O4. The number of hydrogen-bond acceptors (Lipinski definition) is 6. The van der Waals surface area contributed by atoms with Crippen molar-refractivity contribution in [2.75, 3.05) is 38.2 Å². The summed E-state index contributed by atoms with van der Waals surface area (Å²) in [7, 11) is 3.03. The molecule has 1 fully saturated rings. The van der Waals surface area contributed by atoms with Crippen molar-refractivity contribution in [3.05, 3.63) is 62.9 Å². The molecule has 3 aromatic rings. The molecular weight excluding hydrogens is 410 g/mol. The number of anilines is 1. The van der Waals surface area contributed by atoms with Crippen LogP contribution in [0.25, 0.3) is 11.0 Å². The van der Waals surface area contributed by atoms with Gasteiger partial charge in [-0.1, -0.05) is 25.1 Å². The number of pyridine rings is 1. The van der Waals surface area contributed by atoms with Crippen LogP contribution in [0, 0.1) is 0 Å². The average molecular weight is 438 g/mol. The van der Waals surface area contributed by atoms with E-state index in [0.717, 1.165) is 15.8 Å². The Morgan fingerprint density at radius 1 is 1.09 bits per heavy atom. The van der Waals surface area contributed by atoms with E-state index in [9.17, 15) is 14.4 Å². The minimum Gasteiger partial charge on any atom is -0.495 e. The van der Waals surface area contributed by atoms with Gasteiger partial charge in [0, 0.05) is 50.7 Å². The molecule has 3 heterocycles. The highest BCUT2D eigenvalue weighted by atomic mass is 16.5. The fourth-order valence-corrected chi connectivity index (χ4v) is 4.18. The van der Waals surface area contributed by atoms with E-state index in [0.29, 0.717) is 38.3 Å². The number of nitrogens with zero attached hydrogens (tertiary/aromatic N) is 5. The molecule has 1 amide bonds. The Hall–Kier alpha value is -3.62. The van der Waals surface area contributed by atoms with Gasteiger partial charge in [-0.05, 0) is 18.6 Å². The summed E-state index contributed by atoms with van der Waals surface area (Å²) in [5.41, 5.74) is 1.00. The number of rotatable bonds is 5. The topological polar surface area (TPSA) is 89.7 Å². The number of benzene rings is 1. The Morgan fingerprint density at radius 3 is 2.41 bits per heavy atom. The van der Waals surface area contributed by atoms with Crippen molar-refractivity contribution >= 4 is 22.6 Å². The summed E-state index contributed by atoms with van der Waals surface area (Å²) < 4.78 is 7.76. The summed E-state index contributed by atoms with van der Waals surface area (Å²) in [6, 6.07) is 10.0. The number of ether oxygens (including phenoxy) is 1. The highest BCUT2D eigenvalue weighted by Crippen LogP contribution is 2.25. The van der Waals surface area contributed by atoms with E-state index in [1.807, 2.05) is 37.3 Å². The number of aryl methyl sites for hydroxylation is 2. The van der Waals surface area contributed by atoms with Crippen LogP contribution in [-0.4, -0.2) is 58.2 Å². The van der Waals surface area contributed by atoms with Crippen molar-refractivity contribution in [2.45, 2.75) is 19.9 Å². The monoisotopic (exact) mass is 437 g/mol. The summed E-state index contributed by atoms with van der Waals surface area (Å²) in [5.74, 6) is 0.144. The number of fused-ring (bicyclic) bond motifs is 1. The maximum Gasteiger partial charge on any atom is 0.332 e. The quantitative estimate of drug-likeness (QED) is 0.592. The van der Waals surface area contributed by atoms with Crippen LogP contribution in [0.3, 0.4) is 0 Å². The number of para-hydroxylation sites is 1. The molecule has 1 saturated heterocycles. The molecule has 0 unspecified atom stereocenters. The summed E-state index contributed by atoms with van der Waals surface area (Å²) >= 11 is 0. The van der Waals surface area contributed by atoms with Gasteiger partial charge in [-0.15, -0.1) is 0 Å². The van der Waals surface area contributed by atoms with Crippen LogP contribution in [0.5, 0.6) is 5.75 Å². The Kier molecular flexibility index (Phi) is 5.98. The van der Waals surface area contributed by atoms with Gasteiger partial charge < -0.3 is 14.5 Å². The molecule has 1 aromatic carbocycles. The van der Waals surface area contributed by atoms with Crippen molar-refractivity contribution in [2.24, 2.45) is 7.05 Å². The molecule has 0 N–H and O–H groups in total. The third-order valence-electron chi connectivity index (χ3n) is 6.01. The summed E-state index contributed by atoms with van der Waals surface area (Å²) in [6.45, 7) is 4.06. The Balaban J connectivity index is 1.61. The number of piperazine rings is 1. The Bertz CT molecular complexity index is 1260. The van der Waals surface area contributed by atoms with Crippen molar-refractivity contribution < 1.29 is 9.53 Å². The van der Waals surface area contributed by atoms with Crippen LogP contribution >= 0.6 is 0 Å². The third kappa shape index (κ3) is 3.74. The van der Waals surface area contributed by atoms with Gasteiger partial charge in [0.05, 0.1) is 7.11 Å². The molecule has 0 aliphatic carbocycles. The third-order valence-corrected chi connectivity index (χ3v) is 6.01. The number of amides is 1. The first-order valence-corrected chi connectivity index (χ1v) is 10.7. The molecule has 168 valence electrons. The Labute approximate surface area is 185 Å². The van der Waals surface area contributed by atoms with Crippen LogP contribution in [0.2, 0.25) is 0 Å². The van der Waals surface area contributed by atoms with Gasteiger partial charge in [0.15, 0.2) is 5.65 Å². The lowest BCUT2D eigenvalue weighted by atomic mass is 10.1. The largest absolute Gasteiger partial charge is 0.495 e. The van der Waals surface area contributed by atoms with Gasteiger partial charge in [0.2, 0.25) is 5.91 Å². The molecule has 9 nitrogen and oxygen atoms in total. The van der Waals surface area contributed by atoms with Crippen LogP contribution in [0.1, 0.15) is 12.5 Å². The smallest absolute Gasteiger partial charge is 0.332 e. The summed E-state index contributed by atoms with van der Waals surface area (Å²) in [6.07, 6.45) is 2.24. The van der Waals surface area contributed by atoms with Gasteiger partial charge in [0.1, 0.15) is 17.7 Å². The second-order valence-electron chi connectivity index (χ2n) is 7.81. The van der Waals surface area contributed by atoms with Gasteiger partial charge in [-0.25, -0.2) is 14.3 Å². The zero-order valence-corrected chi connectivity index (χ0v) is 18.6. The van der Waals surface area contributed by atoms with Gasteiger partial charge in [0.25, 0.3) is 5.56 Å². The zero-order chi connectivity index (χ0) is 22.8. The molecule has 0 atom stereocenters. The number of carbonyl (C=O) groups excluding carboxylic acids is 1. The molecule has 0 radical (unpaired) electrons. The Morgan fingerprint density at radius 2 is 1.78 bits per heavy atom. The van der Waals surface area contributed by atoms with E-state index in [4.69, 9.17) is 4.74 Å². The standard InChI is InChI=1S/C23H27N5O4/c1-4-16-14-24-21-19(20(16)32-3)22(30)28(23(31)25(21)2)15-18(29)27-12-10-26(11-13-27)17-8-6-5-7-9-17/h5-9,14H,4,10-13,15H2,1-3H3. The van der Waals surface area contributed by atoms with Gasteiger partial charge in [-0.3, -0.25) is 14.2 Å². The van der Waals surface area contributed by atoms with E-state index >= 15 is 0 Å². The fourth-order valence-electron chi connectivity index (χ4n) is 4.18. The van der Waals surface area contributed by atoms with E-state index < -0.39 is 11.2 Å². The molecule has 32 heavy (non-hydrogen) atoms. The van der Waals surface area contributed by atoms with Crippen molar-refractivity contribution in [3.63, 3.8) is 0 Å². The molecule has 1 aliphatic heterocycles. The lowest BCUT2D eigenvalue weighted by Gasteiger charge is -2.36. The number of aromatic nitrogens is 3. The normalized spacial score (nSPS) is 14.1. The first-order chi connectivity index (χ1) is 15.5. The molecule has 9 heteroatoms.